The number of anilines is 1. The second-order valence-electron chi connectivity index (χ2n) is 5.65. The second-order valence-corrected chi connectivity index (χ2v) is 5.65. The zero-order valence-corrected chi connectivity index (χ0v) is 14.3. The number of hydrogen-bond donors (Lipinski definition) is 2. The highest BCUT2D eigenvalue weighted by molar-refractivity contribution is 5.98. The molecule has 0 aliphatic rings. The SMILES string of the molecule is COc1ccc(-c2c(C#N)c(N)nc3c2c(=O)n(C)c(=O)n3C)cc1O. The summed E-state index contributed by atoms with van der Waals surface area (Å²) < 4.78 is 7.12. The van der Waals surface area contributed by atoms with Crippen LogP contribution < -0.4 is 21.7 Å². The van der Waals surface area contributed by atoms with E-state index in [1.54, 1.807) is 6.07 Å². The molecular weight excluding hydrogens is 338 g/mol. The van der Waals surface area contributed by atoms with E-state index in [-0.39, 0.29) is 39.5 Å². The third kappa shape index (κ3) is 2.28. The summed E-state index contributed by atoms with van der Waals surface area (Å²) in [5.74, 6) is -0.0495. The molecule has 3 aromatic rings. The number of nitrogens with zero attached hydrogens (tertiary/aromatic N) is 4. The Kier molecular flexibility index (Phi) is 3.88. The molecule has 0 amide bonds. The van der Waals surface area contributed by atoms with Gasteiger partial charge in [-0.2, -0.15) is 5.26 Å². The van der Waals surface area contributed by atoms with Gasteiger partial charge in [-0.25, -0.2) is 9.78 Å². The number of nitriles is 1. The fraction of sp³-hybridized carbons (Fsp3) is 0.176. The van der Waals surface area contributed by atoms with E-state index in [4.69, 9.17) is 10.5 Å². The normalized spacial score (nSPS) is 10.7. The number of ether oxygens (including phenoxy) is 1. The molecule has 1 aromatic carbocycles. The van der Waals surface area contributed by atoms with Crippen molar-refractivity contribution in [1.29, 1.82) is 5.26 Å². The van der Waals surface area contributed by atoms with Crippen LogP contribution >= 0.6 is 0 Å². The molecule has 2 heterocycles. The summed E-state index contributed by atoms with van der Waals surface area (Å²) in [6.45, 7) is 0. The predicted octanol–water partition coefficient (Wildman–Crippen LogP) is 0.467. The molecule has 3 rings (SSSR count). The van der Waals surface area contributed by atoms with Crippen molar-refractivity contribution in [3.8, 4) is 28.7 Å². The number of methoxy groups -OCH3 is 1. The maximum Gasteiger partial charge on any atom is 0.332 e. The standard InChI is InChI=1S/C17H15N5O4/c1-21-15-13(16(24)22(2)17(21)25)12(9(7-18)14(19)20-15)8-4-5-11(26-3)10(23)6-8/h4-6,23H,1-3H3,(H2,19,20). The molecule has 0 saturated carbocycles. The van der Waals surface area contributed by atoms with Gasteiger partial charge in [0.15, 0.2) is 17.1 Å². The summed E-state index contributed by atoms with van der Waals surface area (Å²) in [5, 5.41) is 19.7. The van der Waals surface area contributed by atoms with Crippen molar-refractivity contribution >= 4 is 16.9 Å². The molecule has 0 saturated heterocycles. The van der Waals surface area contributed by atoms with Crippen molar-refractivity contribution in [2.45, 2.75) is 0 Å². The Morgan fingerprint density at radius 2 is 1.96 bits per heavy atom. The molecule has 0 unspecified atom stereocenters. The van der Waals surface area contributed by atoms with Crippen LogP contribution in [-0.4, -0.2) is 26.3 Å². The van der Waals surface area contributed by atoms with Crippen LogP contribution in [0.4, 0.5) is 5.82 Å². The molecule has 9 nitrogen and oxygen atoms in total. The van der Waals surface area contributed by atoms with E-state index in [1.165, 1.54) is 37.9 Å². The lowest BCUT2D eigenvalue weighted by molar-refractivity contribution is 0.373. The van der Waals surface area contributed by atoms with Crippen LogP contribution in [0.5, 0.6) is 11.5 Å². The molecule has 132 valence electrons. The first kappa shape index (κ1) is 17.0. The largest absolute Gasteiger partial charge is 0.504 e. The van der Waals surface area contributed by atoms with Gasteiger partial charge in [-0.05, 0) is 17.7 Å². The highest BCUT2D eigenvalue weighted by Crippen LogP contribution is 2.36. The number of rotatable bonds is 2. The number of aromatic nitrogens is 3. The van der Waals surface area contributed by atoms with Crippen LogP contribution in [-0.2, 0) is 14.1 Å². The minimum atomic E-state index is -0.614. The minimum Gasteiger partial charge on any atom is -0.504 e. The number of aromatic hydroxyl groups is 1. The number of aryl methyl sites for hydroxylation is 1. The number of phenolic OH excluding ortho intramolecular Hbond substituents is 1. The van der Waals surface area contributed by atoms with Gasteiger partial charge < -0.3 is 15.6 Å². The van der Waals surface area contributed by atoms with Gasteiger partial charge in [-0.3, -0.25) is 13.9 Å². The Balaban J connectivity index is 2.60. The van der Waals surface area contributed by atoms with Crippen LogP contribution in [0.2, 0.25) is 0 Å². The van der Waals surface area contributed by atoms with Gasteiger partial charge in [0.25, 0.3) is 5.56 Å². The summed E-state index contributed by atoms with van der Waals surface area (Å²) >= 11 is 0. The van der Waals surface area contributed by atoms with E-state index in [9.17, 15) is 20.0 Å². The maximum absolute atomic E-state index is 12.8. The lowest BCUT2D eigenvalue weighted by atomic mass is 9.97. The number of nitrogen functional groups attached to an aromatic ring is 1. The second kappa shape index (κ2) is 5.93. The first-order valence-corrected chi connectivity index (χ1v) is 7.48. The summed E-state index contributed by atoms with van der Waals surface area (Å²) in [6, 6.07) is 6.39. The summed E-state index contributed by atoms with van der Waals surface area (Å²) in [6.07, 6.45) is 0. The van der Waals surface area contributed by atoms with Gasteiger partial charge >= 0.3 is 5.69 Å². The minimum absolute atomic E-state index is 0.0159. The lowest BCUT2D eigenvalue weighted by Gasteiger charge is -2.14. The third-order valence-corrected chi connectivity index (χ3v) is 4.20. The molecular formula is C17H15N5O4. The van der Waals surface area contributed by atoms with Crippen molar-refractivity contribution in [3.05, 3.63) is 44.6 Å². The summed E-state index contributed by atoms with van der Waals surface area (Å²) in [4.78, 5) is 29.0. The Morgan fingerprint density at radius 1 is 1.27 bits per heavy atom. The smallest absolute Gasteiger partial charge is 0.332 e. The predicted molar refractivity (Wildman–Crippen MR) is 95.0 cm³/mol. The maximum atomic E-state index is 12.8. The topological polar surface area (TPSA) is 136 Å². The molecule has 0 fully saturated rings. The molecule has 0 atom stereocenters. The highest BCUT2D eigenvalue weighted by atomic mass is 16.5. The van der Waals surface area contributed by atoms with Crippen LogP contribution in [0.3, 0.4) is 0 Å². The molecule has 0 bridgehead atoms. The Morgan fingerprint density at radius 3 is 2.54 bits per heavy atom. The Hall–Kier alpha value is -3.80. The zero-order chi connectivity index (χ0) is 19.2. The number of benzene rings is 1. The first-order chi connectivity index (χ1) is 12.3. The molecule has 3 N–H and O–H groups in total. The fourth-order valence-electron chi connectivity index (χ4n) is 2.85. The van der Waals surface area contributed by atoms with Gasteiger partial charge in [0.1, 0.15) is 17.5 Å². The van der Waals surface area contributed by atoms with Crippen LogP contribution in [0.25, 0.3) is 22.2 Å². The number of pyridine rings is 1. The summed E-state index contributed by atoms with van der Waals surface area (Å²) in [7, 11) is 4.19. The van der Waals surface area contributed by atoms with Crippen molar-refractivity contribution in [2.75, 3.05) is 12.8 Å². The van der Waals surface area contributed by atoms with Crippen LogP contribution in [0, 0.1) is 11.3 Å². The average molecular weight is 353 g/mol. The molecule has 0 aliphatic heterocycles. The summed E-state index contributed by atoms with van der Waals surface area (Å²) in [5.41, 5.74) is 5.32. The van der Waals surface area contributed by atoms with E-state index >= 15 is 0 Å². The van der Waals surface area contributed by atoms with E-state index < -0.39 is 11.2 Å². The van der Waals surface area contributed by atoms with E-state index in [0.29, 0.717) is 5.56 Å². The van der Waals surface area contributed by atoms with Crippen LogP contribution in [0.15, 0.2) is 27.8 Å². The van der Waals surface area contributed by atoms with Crippen molar-refractivity contribution in [3.63, 3.8) is 0 Å². The van der Waals surface area contributed by atoms with E-state index in [1.807, 2.05) is 6.07 Å². The molecule has 9 heteroatoms. The molecule has 0 radical (unpaired) electrons. The van der Waals surface area contributed by atoms with Crippen LogP contribution in [0.1, 0.15) is 5.56 Å². The van der Waals surface area contributed by atoms with Crippen molar-refractivity contribution < 1.29 is 9.84 Å². The number of phenols is 1. The van der Waals surface area contributed by atoms with E-state index in [2.05, 4.69) is 4.98 Å². The zero-order valence-electron chi connectivity index (χ0n) is 14.3. The average Bonchev–Trinajstić information content (AvgIpc) is 2.63. The third-order valence-electron chi connectivity index (χ3n) is 4.20. The van der Waals surface area contributed by atoms with Gasteiger partial charge in [0.2, 0.25) is 0 Å². The Bertz CT molecular complexity index is 1220. The number of fused-ring (bicyclic) bond motifs is 1. The number of nitrogens with two attached hydrogens (primary N) is 1. The Labute approximate surface area is 147 Å². The van der Waals surface area contributed by atoms with E-state index in [0.717, 1.165) is 4.57 Å². The van der Waals surface area contributed by atoms with Gasteiger partial charge in [-0.1, -0.05) is 6.07 Å². The molecule has 26 heavy (non-hydrogen) atoms. The number of hydrogen-bond acceptors (Lipinski definition) is 7. The molecule has 2 aromatic heterocycles. The fourth-order valence-corrected chi connectivity index (χ4v) is 2.85. The molecule has 0 spiro atoms. The lowest BCUT2D eigenvalue weighted by Crippen LogP contribution is -2.37. The monoisotopic (exact) mass is 353 g/mol. The first-order valence-electron chi connectivity index (χ1n) is 7.48. The quantitative estimate of drug-likeness (QED) is 0.683. The van der Waals surface area contributed by atoms with Gasteiger partial charge in [-0.15, -0.1) is 0 Å². The highest BCUT2D eigenvalue weighted by Gasteiger charge is 2.22. The molecule has 0 aliphatic carbocycles. The van der Waals surface area contributed by atoms with Gasteiger partial charge in [0.05, 0.1) is 12.5 Å². The van der Waals surface area contributed by atoms with Crippen molar-refractivity contribution in [2.24, 2.45) is 14.1 Å². The van der Waals surface area contributed by atoms with Crippen molar-refractivity contribution in [1.82, 2.24) is 14.1 Å². The van der Waals surface area contributed by atoms with Gasteiger partial charge in [0, 0.05) is 19.7 Å².